The number of benzene rings is 2. The van der Waals surface area contributed by atoms with Gasteiger partial charge in [-0.2, -0.15) is 0 Å². The number of hydrogen-bond acceptors (Lipinski definition) is 6. The highest BCUT2D eigenvalue weighted by Crippen LogP contribution is 2.41. The molecule has 1 aliphatic rings. The van der Waals surface area contributed by atoms with E-state index in [0.29, 0.717) is 39.6 Å². The first-order valence-electron chi connectivity index (χ1n) is 13.1. The molecule has 0 radical (unpaired) electrons. The lowest BCUT2D eigenvalue weighted by atomic mass is 9.97. The molecule has 0 aliphatic carbocycles. The monoisotopic (exact) mass is 565 g/mol. The normalized spacial score (nSPS) is 14.6. The number of rotatable bonds is 7. The number of aryl methyl sites for hydroxylation is 1. The highest BCUT2D eigenvalue weighted by molar-refractivity contribution is 6.32. The van der Waals surface area contributed by atoms with E-state index >= 15 is 0 Å². The van der Waals surface area contributed by atoms with Gasteiger partial charge in [-0.05, 0) is 61.4 Å². The Balaban J connectivity index is 1.43. The van der Waals surface area contributed by atoms with Crippen molar-refractivity contribution in [2.75, 3.05) is 44.8 Å². The summed E-state index contributed by atoms with van der Waals surface area (Å²) in [4.78, 5) is 21.5. The molecule has 2 aromatic carbocycles. The molecule has 8 nitrogen and oxygen atoms in total. The minimum atomic E-state index is -0.491. The molecule has 0 amide bonds. The summed E-state index contributed by atoms with van der Waals surface area (Å²) in [7, 11) is 3.37. The Morgan fingerprint density at radius 3 is 2.30 bits per heavy atom. The molecule has 1 saturated heterocycles. The van der Waals surface area contributed by atoms with Crippen LogP contribution in [0.4, 0.5) is 10.2 Å². The van der Waals surface area contributed by atoms with Gasteiger partial charge in [-0.25, -0.2) is 14.2 Å². The summed E-state index contributed by atoms with van der Waals surface area (Å²) in [6, 6.07) is 11.3. The van der Waals surface area contributed by atoms with Gasteiger partial charge in [-0.3, -0.25) is 9.47 Å². The number of pyridine rings is 1. The van der Waals surface area contributed by atoms with Crippen LogP contribution in [0.15, 0.2) is 65.8 Å². The maximum absolute atomic E-state index is 14.9. The van der Waals surface area contributed by atoms with E-state index in [-0.39, 0.29) is 17.0 Å². The highest BCUT2D eigenvalue weighted by Gasteiger charge is 2.30. The van der Waals surface area contributed by atoms with Gasteiger partial charge in [0.15, 0.2) is 0 Å². The summed E-state index contributed by atoms with van der Waals surface area (Å²) in [5.41, 5.74) is 2.05. The van der Waals surface area contributed by atoms with Gasteiger partial charge >= 0.3 is 5.69 Å². The number of nitrogens with zero attached hydrogens (tertiary/aromatic N) is 5. The second-order valence-electron chi connectivity index (χ2n) is 10.7. The number of methoxy groups -OCH3 is 1. The molecular weight excluding hydrogens is 533 g/mol. The Kier molecular flexibility index (Phi) is 7.72. The lowest BCUT2D eigenvalue weighted by Crippen LogP contribution is -2.56. The number of halogens is 2. The molecule has 1 aliphatic heterocycles. The second kappa shape index (κ2) is 11.1. The number of phenols is 1. The number of hydrogen-bond donors (Lipinski definition) is 1. The molecule has 1 N–H and O–H groups in total. The van der Waals surface area contributed by atoms with Crippen LogP contribution in [-0.4, -0.2) is 69.6 Å². The van der Waals surface area contributed by atoms with E-state index in [9.17, 15) is 14.3 Å². The molecule has 10 heteroatoms. The predicted octanol–water partition coefficient (Wildman–Crippen LogP) is 4.95. The summed E-state index contributed by atoms with van der Waals surface area (Å²) < 4.78 is 23.2. The van der Waals surface area contributed by atoms with Crippen LogP contribution < -0.4 is 10.6 Å². The Morgan fingerprint density at radius 1 is 1.02 bits per heavy atom. The third-order valence-electron chi connectivity index (χ3n) is 7.55. The van der Waals surface area contributed by atoms with Gasteiger partial charge in [-0.1, -0.05) is 17.7 Å². The number of ether oxygens (including phenoxy) is 1. The Hall–Kier alpha value is -3.66. The van der Waals surface area contributed by atoms with Gasteiger partial charge in [-0.15, -0.1) is 0 Å². The second-order valence-corrected chi connectivity index (χ2v) is 11.1. The summed E-state index contributed by atoms with van der Waals surface area (Å²) in [5.74, 6) is 0.215. The predicted molar refractivity (Wildman–Crippen MR) is 156 cm³/mol. The summed E-state index contributed by atoms with van der Waals surface area (Å²) >= 11 is 6.54. The van der Waals surface area contributed by atoms with Crippen molar-refractivity contribution in [3.63, 3.8) is 0 Å². The van der Waals surface area contributed by atoms with E-state index < -0.39 is 5.82 Å². The lowest BCUT2D eigenvalue weighted by molar-refractivity contribution is 0.0301. The van der Waals surface area contributed by atoms with Crippen molar-refractivity contribution in [3.05, 3.63) is 82.4 Å². The molecule has 0 unspecified atom stereocenters. The lowest BCUT2D eigenvalue weighted by Gasteiger charge is -2.44. The molecule has 210 valence electrons. The van der Waals surface area contributed by atoms with Crippen LogP contribution in [0.5, 0.6) is 5.75 Å². The zero-order valence-corrected chi connectivity index (χ0v) is 23.8. The highest BCUT2D eigenvalue weighted by atomic mass is 35.5. The summed E-state index contributed by atoms with van der Waals surface area (Å²) in [6.07, 6.45) is 4.95. The van der Waals surface area contributed by atoms with Crippen molar-refractivity contribution in [1.29, 1.82) is 0 Å². The molecule has 0 spiro atoms. The summed E-state index contributed by atoms with van der Waals surface area (Å²) in [6.45, 7) is 8.32. The fourth-order valence-corrected chi connectivity index (χ4v) is 5.57. The van der Waals surface area contributed by atoms with Crippen LogP contribution in [0.1, 0.15) is 13.8 Å². The van der Waals surface area contributed by atoms with Crippen molar-refractivity contribution in [2.24, 2.45) is 7.05 Å². The van der Waals surface area contributed by atoms with Crippen LogP contribution in [-0.2, 0) is 11.8 Å². The zero-order valence-electron chi connectivity index (χ0n) is 23.1. The molecule has 0 atom stereocenters. The van der Waals surface area contributed by atoms with Crippen LogP contribution in [0.3, 0.4) is 0 Å². The number of piperazine rings is 1. The molecular formula is C30H33ClFN5O3. The molecule has 2 aromatic heterocycles. The first-order valence-corrected chi connectivity index (χ1v) is 13.5. The molecule has 1 fully saturated rings. The SMILES string of the molecule is COCC(C)(C)N1CCN(c2cc(-c3cc(F)cc(-c4ccc(-n5ccn(C)c5=O)c(Cl)c4)c3O)ccn2)CC1. The average molecular weight is 566 g/mol. The standard InChI is InChI=1S/C30H33ClFN5O3/c1-30(2,19-40-4)36-12-10-35(11-13-36)27-16-21(7-8-33-27)24-18-22(32)17-23(28(24)38)20-5-6-26(25(31)15-20)37-14-9-34(3)29(37)39/h5-9,14-18,38H,10-13,19H2,1-4H3. The Morgan fingerprint density at radius 2 is 1.70 bits per heavy atom. The van der Waals surface area contributed by atoms with Gasteiger partial charge in [0.2, 0.25) is 0 Å². The summed E-state index contributed by atoms with van der Waals surface area (Å²) in [5, 5.41) is 11.6. The van der Waals surface area contributed by atoms with Crippen LogP contribution in [0, 0.1) is 5.82 Å². The molecule has 0 bridgehead atoms. The smallest absolute Gasteiger partial charge is 0.332 e. The van der Waals surface area contributed by atoms with Crippen molar-refractivity contribution in [2.45, 2.75) is 19.4 Å². The van der Waals surface area contributed by atoms with E-state index in [1.54, 1.807) is 57.0 Å². The number of aromatic hydroxyl groups is 1. The van der Waals surface area contributed by atoms with Crippen molar-refractivity contribution in [3.8, 4) is 33.7 Å². The first kappa shape index (κ1) is 27.9. The van der Waals surface area contributed by atoms with Crippen molar-refractivity contribution < 1.29 is 14.2 Å². The van der Waals surface area contributed by atoms with E-state index in [2.05, 4.69) is 28.6 Å². The van der Waals surface area contributed by atoms with Crippen LogP contribution in [0.25, 0.3) is 27.9 Å². The van der Waals surface area contributed by atoms with Crippen LogP contribution >= 0.6 is 11.6 Å². The Labute approximate surface area is 237 Å². The number of imidazole rings is 1. The van der Waals surface area contributed by atoms with Gasteiger partial charge in [0.05, 0.1) is 17.3 Å². The molecule has 0 saturated carbocycles. The molecule has 5 rings (SSSR count). The maximum atomic E-state index is 14.9. The average Bonchev–Trinajstić information content (AvgIpc) is 3.27. The van der Waals surface area contributed by atoms with Gasteiger partial charge in [0.1, 0.15) is 17.4 Å². The minimum absolute atomic E-state index is 0.0575. The van der Waals surface area contributed by atoms with Crippen LogP contribution in [0.2, 0.25) is 5.02 Å². The topological polar surface area (TPSA) is 75.8 Å². The quantitative estimate of drug-likeness (QED) is 0.342. The molecule has 3 heterocycles. The number of phenolic OH excluding ortho intramolecular Hbond substituents is 1. The van der Waals surface area contributed by atoms with E-state index in [4.69, 9.17) is 16.3 Å². The zero-order chi connectivity index (χ0) is 28.6. The fraction of sp³-hybridized carbons (Fsp3) is 0.333. The van der Waals surface area contributed by atoms with E-state index in [1.807, 2.05) is 6.07 Å². The Bertz CT molecular complexity index is 1590. The van der Waals surface area contributed by atoms with Gasteiger partial charge in [0.25, 0.3) is 0 Å². The van der Waals surface area contributed by atoms with Gasteiger partial charge < -0.3 is 19.3 Å². The molecule has 40 heavy (non-hydrogen) atoms. The van der Waals surface area contributed by atoms with Crippen molar-refractivity contribution in [1.82, 2.24) is 19.0 Å². The third kappa shape index (κ3) is 5.37. The van der Waals surface area contributed by atoms with E-state index in [1.165, 1.54) is 21.3 Å². The van der Waals surface area contributed by atoms with Crippen molar-refractivity contribution >= 4 is 17.4 Å². The first-order chi connectivity index (χ1) is 19.1. The minimum Gasteiger partial charge on any atom is -0.507 e. The van der Waals surface area contributed by atoms with Gasteiger partial charge in [0, 0.05) is 75.6 Å². The third-order valence-corrected chi connectivity index (χ3v) is 7.86. The van der Waals surface area contributed by atoms with E-state index in [0.717, 1.165) is 32.0 Å². The number of aromatic nitrogens is 3. The fourth-order valence-electron chi connectivity index (χ4n) is 5.30. The maximum Gasteiger partial charge on any atom is 0.332 e. The number of anilines is 1. The molecule has 4 aromatic rings. The largest absolute Gasteiger partial charge is 0.507 e.